The van der Waals surface area contributed by atoms with Crippen LogP contribution in [-0.2, 0) is 11.2 Å². The fourth-order valence-electron chi connectivity index (χ4n) is 3.07. The van der Waals surface area contributed by atoms with Gasteiger partial charge in [-0.25, -0.2) is 4.79 Å². The molecule has 1 aliphatic carbocycles. The zero-order valence-corrected chi connectivity index (χ0v) is 14.3. The van der Waals surface area contributed by atoms with Gasteiger partial charge in [-0.15, -0.1) is 0 Å². The van der Waals surface area contributed by atoms with Crippen LogP contribution in [0.2, 0.25) is 0 Å². The molecule has 2 rings (SSSR count). The number of amides is 1. The standard InChI is InChI=1S/C18H28N2O2/c1-17(2,3)22-16(21)20-11-10-19-15-14-9-7-6-8-13(14)12-18(15,4)5/h6-9,15,19H,10-12H2,1-5H3,(H,20,21). The molecule has 1 aromatic carbocycles. The van der Waals surface area contributed by atoms with E-state index >= 15 is 0 Å². The second-order valence-corrected chi connectivity index (χ2v) is 7.68. The van der Waals surface area contributed by atoms with Gasteiger partial charge in [-0.2, -0.15) is 0 Å². The van der Waals surface area contributed by atoms with Gasteiger partial charge >= 0.3 is 6.09 Å². The predicted octanol–water partition coefficient (Wildman–Crippen LogP) is 3.42. The van der Waals surface area contributed by atoms with Gasteiger partial charge in [0.1, 0.15) is 5.60 Å². The Morgan fingerprint density at radius 2 is 1.95 bits per heavy atom. The van der Waals surface area contributed by atoms with Crippen molar-refractivity contribution < 1.29 is 9.53 Å². The minimum absolute atomic E-state index is 0.190. The van der Waals surface area contributed by atoms with E-state index in [1.165, 1.54) is 11.1 Å². The maximum Gasteiger partial charge on any atom is 0.407 e. The van der Waals surface area contributed by atoms with Gasteiger partial charge in [-0.1, -0.05) is 38.1 Å². The topological polar surface area (TPSA) is 50.4 Å². The van der Waals surface area contributed by atoms with Crippen LogP contribution >= 0.6 is 0 Å². The van der Waals surface area contributed by atoms with Gasteiger partial charge in [0.15, 0.2) is 0 Å². The van der Waals surface area contributed by atoms with E-state index in [1.807, 2.05) is 20.8 Å². The van der Waals surface area contributed by atoms with Gasteiger partial charge in [0.05, 0.1) is 0 Å². The first-order chi connectivity index (χ1) is 10.2. The minimum atomic E-state index is -0.454. The summed E-state index contributed by atoms with van der Waals surface area (Å²) >= 11 is 0. The minimum Gasteiger partial charge on any atom is -0.444 e. The van der Waals surface area contributed by atoms with E-state index in [-0.39, 0.29) is 11.5 Å². The first kappa shape index (κ1) is 16.8. The lowest BCUT2D eigenvalue weighted by Gasteiger charge is -2.29. The monoisotopic (exact) mass is 304 g/mol. The third-order valence-electron chi connectivity index (χ3n) is 3.94. The van der Waals surface area contributed by atoms with Crippen LogP contribution < -0.4 is 10.6 Å². The highest BCUT2D eigenvalue weighted by Gasteiger charge is 2.38. The summed E-state index contributed by atoms with van der Waals surface area (Å²) in [4.78, 5) is 11.6. The summed E-state index contributed by atoms with van der Waals surface area (Å²) in [5.41, 5.74) is 2.54. The van der Waals surface area contributed by atoms with Crippen LogP contribution in [0.4, 0.5) is 4.79 Å². The molecule has 0 bridgehead atoms. The lowest BCUT2D eigenvalue weighted by Crippen LogP contribution is -2.39. The Balaban J connectivity index is 1.83. The highest BCUT2D eigenvalue weighted by atomic mass is 16.6. The summed E-state index contributed by atoms with van der Waals surface area (Å²) in [6.45, 7) is 11.4. The van der Waals surface area contributed by atoms with Crippen LogP contribution in [0.15, 0.2) is 24.3 Å². The van der Waals surface area contributed by atoms with Crippen LogP contribution in [0, 0.1) is 5.41 Å². The average Bonchev–Trinajstić information content (AvgIpc) is 2.62. The molecule has 0 saturated heterocycles. The molecule has 4 nitrogen and oxygen atoms in total. The molecular formula is C18H28N2O2. The molecule has 4 heteroatoms. The molecule has 0 saturated carbocycles. The highest BCUT2D eigenvalue weighted by molar-refractivity contribution is 5.67. The smallest absolute Gasteiger partial charge is 0.407 e. The molecule has 1 amide bonds. The molecular weight excluding hydrogens is 276 g/mol. The Kier molecular flexibility index (Phi) is 4.81. The van der Waals surface area contributed by atoms with Crippen molar-refractivity contribution in [3.63, 3.8) is 0 Å². The summed E-state index contributed by atoms with van der Waals surface area (Å²) in [6.07, 6.45) is 0.723. The van der Waals surface area contributed by atoms with Crippen molar-refractivity contribution in [3.05, 3.63) is 35.4 Å². The lowest BCUT2D eigenvalue weighted by molar-refractivity contribution is 0.0527. The van der Waals surface area contributed by atoms with E-state index in [0.717, 1.165) is 13.0 Å². The van der Waals surface area contributed by atoms with Gasteiger partial charge in [0.25, 0.3) is 0 Å². The number of alkyl carbamates (subject to hydrolysis) is 1. The van der Waals surface area contributed by atoms with E-state index in [4.69, 9.17) is 4.74 Å². The summed E-state index contributed by atoms with van der Waals surface area (Å²) < 4.78 is 5.23. The Morgan fingerprint density at radius 1 is 1.27 bits per heavy atom. The molecule has 2 N–H and O–H groups in total. The Hall–Kier alpha value is -1.55. The van der Waals surface area contributed by atoms with Crippen LogP contribution in [0.25, 0.3) is 0 Å². The second-order valence-electron chi connectivity index (χ2n) is 7.68. The van der Waals surface area contributed by atoms with Crippen molar-refractivity contribution in [2.24, 2.45) is 5.41 Å². The molecule has 0 heterocycles. The maximum atomic E-state index is 11.6. The van der Waals surface area contributed by atoms with Crippen molar-refractivity contribution in [2.45, 2.75) is 52.7 Å². The van der Waals surface area contributed by atoms with E-state index < -0.39 is 5.60 Å². The third-order valence-corrected chi connectivity index (χ3v) is 3.94. The summed E-state index contributed by atoms with van der Waals surface area (Å²) in [7, 11) is 0. The molecule has 0 fully saturated rings. The van der Waals surface area contributed by atoms with Crippen LogP contribution in [-0.4, -0.2) is 24.8 Å². The largest absolute Gasteiger partial charge is 0.444 e. The van der Waals surface area contributed by atoms with E-state index in [2.05, 4.69) is 48.7 Å². The number of fused-ring (bicyclic) bond motifs is 1. The molecule has 122 valence electrons. The number of ether oxygens (including phenoxy) is 1. The first-order valence-electron chi connectivity index (χ1n) is 7.97. The second kappa shape index (κ2) is 6.29. The van der Waals surface area contributed by atoms with E-state index in [0.29, 0.717) is 12.6 Å². The lowest BCUT2D eigenvalue weighted by atomic mass is 9.85. The highest BCUT2D eigenvalue weighted by Crippen LogP contribution is 2.44. The van der Waals surface area contributed by atoms with Gasteiger partial charge in [0.2, 0.25) is 0 Å². The third kappa shape index (κ3) is 4.23. The molecule has 1 aliphatic rings. The number of hydrogen-bond donors (Lipinski definition) is 2. The summed E-state index contributed by atoms with van der Waals surface area (Å²) in [5, 5.41) is 6.37. The van der Waals surface area contributed by atoms with Crippen LogP contribution in [0.1, 0.15) is 51.8 Å². The number of carbonyl (C=O) groups excluding carboxylic acids is 1. The van der Waals surface area contributed by atoms with Gasteiger partial charge in [-0.05, 0) is 43.7 Å². The molecule has 22 heavy (non-hydrogen) atoms. The van der Waals surface area contributed by atoms with Crippen molar-refractivity contribution >= 4 is 6.09 Å². The van der Waals surface area contributed by atoms with Crippen molar-refractivity contribution in [1.82, 2.24) is 10.6 Å². The predicted molar refractivity (Wildman–Crippen MR) is 88.9 cm³/mol. The molecule has 0 aromatic heterocycles. The number of rotatable bonds is 4. The molecule has 1 unspecified atom stereocenters. The maximum absolute atomic E-state index is 11.6. The van der Waals surface area contributed by atoms with Crippen LogP contribution in [0.5, 0.6) is 0 Å². The van der Waals surface area contributed by atoms with Gasteiger partial charge in [-0.3, -0.25) is 0 Å². The van der Waals surface area contributed by atoms with Crippen molar-refractivity contribution in [1.29, 1.82) is 0 Å². The SMILES string of the molecule is CC(C)(C)OC(=O)NCCNC1c2ccccc2CC1(C)C. The number of hydrogen-bond acceptors (Lipinski definition) is 3. The Bertz CT molecular complexity index is 532. The number of carbonyl (C=O) groups is 1. The summed E-state index contributed by atoms with van der Waals surface area (Å²) in [6, 6.07) is 8.92. The molecule has 0 aliphatic heterocycles. The first-order valence-corrected chi connectivity index (χ1v) is 7.97. The fraction of sp³-hybridized carbons (Fsp3) is 0.611. The zero-order chi connectivity index (χ0) is 16.4. The van der Waals surface area contributed by atoms with Gasteiger partial charge < -0.3 is 15.4 Å². The fourth-order valence-corrected chi connectivity index (χ4v) is 3.07. The van der Waals surface area contributed by atoms with E-state index in [1.54, 1.807) is 0 Å². The quantitative estimate of drug-likeness (QED) is 0.838. The molecule has 0 spiro atoms. The zero-order valence-electron chi connectivity index (χ0n) is 14.3. The van der Waals surface area contributed by atoms with Crippen LogP contribution in [0.3, 0.4) is 0 Å². The normalized spacial score (nSPS) is 19.6. The van der Waals surface area contributed by atoms with Crippen molar-refractivity contribution in [2.75, 3.05) is 13.1 Å². The molecule has 1 aromatic rings. The molecule has 0 radical (unpaired) electrons. The Morgan fingerprint density at radius 3 is 2.64 bits per heavy atom. The number of benzene rings is 1. The van der Waals surface area contributed by atoms with E-state index in [9.17, 15) is 4.79 Å². The Labute approximate surface area is 133 Å². The van der Waals surface area contributed by atoms with Crippen molar-refractivity contribution in [3.8, 4) is 0 Å². The van der Waals surface area contributed by atoms with Gasteiger partial charge in [0, 0.05) is 19.1 Å². The number of nitrogens with one attached hydrogen (secondary N) is 2. The molecule has 1 atom stereocenters. The average molecular weight is 304 g/mol. The summed E-state index contributed by atoms with van der Waals surface area (Å²) in [5.74, 6) is 0.